The van der Waals surface area contributed by atoms with E-state index in [0.717, 1.165) is 32.2 Å². The van der Waals surface area contributed by atoms with Crippen LogP contribution in [0.4, 0.5) is 0 Å². The van der Waals surface area contributed by atoms with Gasteiger partial charge in [-0.05, 0) is 45.1 Å². The van der Waals surface area contributed by atoms with Crippen LogP contribution in [0.25, 0.3) is 0 Å². The van der Waals surface area contributed by atoms with E-state index in [1.54, 1.807) is 0 Å². The minimum atomic E-state index is -1.11. The predicted molar refractivity (Wildman–Crippen MR) is 199 cm³/mol. The fourth-order valence-electron chi connectivity index (χ4n) is 4.53. The number of aliphatic imine (C=N–C) groups is 1. The average Bonchev–Trinajstić information content (AvgIpc) is 3.63. The second kappa shape index (κ2) is 36.8. The third-order valence-corrected chi connectivity index (χ3v) is 7.61. The fourth-order valence-corrected chi connectivity index (χ4v) is 4.53. The number of primary amides is 1. The highest BCUT2D eigenvalue weighted by molar-refractivity contribution is 5.81. The molecule has 0 radical (unpaired) electrons. The Labute approximate surface area is 308 Å². The van der Waals surface area contributed by atoms with E-state index < -0.39 is 41.9 Å². The van der Waals surface area contributed by atoms with Gasteiger partial charge in [-0.2, -0.15) is 0 Å². The van der Waals surface area contributed by atoms with Crippen LogP contribution in [-0.4, -0.2) is 99.8 Å². The molecule has 18 heteroatoms. The number of carbonyl (C=O) groups is 6. The van der Waals surface area contributed by atoms with Gasteiger partial charge in [0.05, 0.1) is 0 Å². The number of carboxylic acid groups (broad SMARTS) is 4. The highest BCUT2D eigenvalue weighted by Crippen LogP contribution is 2.13. The number of rotatable bonds is 26. The lowest BCUT2D eigenvalue weighted by Crippen LogP contribution is -2.31. The Balaban J connectivity index is -0.000000672. The largest absolute Gasteiger partial charge is 0.480 e. The molecule has 1 saturated heterocycles. The van der Waals surface area contributed by atoms with Gasteiger partial charge in [0.15, 0.2) is 5.96 Å². The average molecular weight is 749 g/mol. The van der Waals surface area contributed by atoms with E-state index in [1.807, 2.05) is 0 Å². The monoisotopic (exact) mass is 749 g/mol. The summed E-state index contributed by atoms with van der Waals surface area (Å²) in [4.78, 5) is 65.7. The second-order valence-corrected chi connectivity index (χ2v) is 12.5. The van der Waals surface area contributed by atoms with E-state index in [0.29, 0.717) is 25.8 Å². The fraction of sp³-hybridized carbons (Fsp3) is 0.794. The highest BCUT2D eigenvalue weighted by atomic mass is 16.4. The summed E-state index contributed by atoms with van der Waals surface area (Å²) in [7, 11) is 0. The van der Waals surface area contributed by atoms with Crippen molar-refractivity contribution in [2.24, 2.45) is 33.7 Å². The van der Waals surface area contributed by atoms with E-state index in [-0.39, 0.29) is 37.3 Å². The van der Waals surface area contributed by atoms with Crippen molar-refractivity contribution in [2.75, 3.05) is 19.6 Å². The number of nitrogens with zero attached hydrogens (tertiary/aromatic N) is 1. The van der Waals surface area contributed by atoms with Gasteiger partial charge in [-0.1, -0.05) is 84.0 Å². The summed E-state index contributed by atoms with van der Waals surface area (Å²) in [6.45, 7) is 3.26. The van der Waals surface area contributed by atoms with Crippen LogP contribution in [0.3, 0.4) is 0 Å². The number of hydrogen-bond acceptors (Lipinski definition) is 10. The summed E-state index contributed by atoms with van der Waals surface area (Å²) in [6.07, 6.45) is 20.0. The maximum absolute atomic E-state index is 11.3. The highest BCUT2D eigenvalue weighted by Gasteiger charge is 2.20. The van der Waals surface area contributed by atoms with E-state index in [4.69, 9.17) is 49.1 Å². The van der Waals surface area contributed by atoms with Gasteiger partial charge in [0, 0.05) is 19.4 Å². The van der Waals surface area contributed by atoms with Crippen molar-refractivity contribution < 1.29 is 49.2 Å². The van der Waals surface area contributed by atoms with Crippen LogP contribution in [0.5, 0.6) is 0 Å². The lowest BCUT2D eigenvalue weighted by molar-refractivity contribution is -0.139. The van der Waals surface area contributed by atoms with Crippen LogP contribution >= 0.6 is 0 Å². The number of nitrogens with one attached hydrogen (secondary N) is 2. The van der Waals surface area contributed by atoms with E-state index in [2.05, 4.69) is 22.5 Å². The molecule has 0 saturated carbocycles. The molecule has 1 aliphatic rings. The maximum atomic E-state index is 11.3. The first-order chi connectivity index (χ1) is 24.5. The van der Waals surface area contributed by atoms with Gasteiger partial charge in [-0.3, -0.25) is 33.8 Å². The van der Waals surface area contributed by atoms with Gasteiger partial charge in [0.2, 0.25) is 11.8 Å². The first kappa shape index (κ1) is 52.3. The van der Waals surface area contributed by atoms with Crippen LogP contribution in [0, 0.1) is 0 Å². The molecule has 304 valence electrons. The molecule has 0 aromatic rings. The summed E-state index contributed by atoms with van der Waals surface area (Å²) in [6, 6.07) is -2.07. The molecule has 2 amide bonds. The SMILES string of the molecule is CCCCCCCCCCCCCCCC(=O)NCC(=O)O.NC(=O)CC[C@H](N)C(=O)O.NC(N)=NCCC[C@H](N)C(=O)O.O=C(O)[C@@H]1CCCN1. The van der Waals surface area contributed by atoms with Crippen molar-refractivity contribution in [3.63, 3.8) is 0 Å². The molecule has 16 N–H and O–H groups in total. The number of carboxylic acids is 4. The lowest BCUT2D eigenvalue weighted by Gasteiger charge is -2.04. The first-order valence-corrected chi connectivity index (χ1v) is 18.3. The summed E-state index contributed by atoms with van der Waals surface area (Å²) < 4.78 is 0. The van der Waals surface area contributed by atoms with Crippen LogP contribution < -0.4 is 39.3 Å². The van der Waals surface area contributed by atoms with Crippen LogP contribution in [-0.2, 0) is 28.8 Å². The molecule has 0 aliphatic carbocycles. The molecule has 1 rings (SSSR count). The lowest BCUT2D eigenvalue weighted by atomic mass is 10.0. The van der Waals surface area contributed by atoms with Crippen molar-refractivity contribution in [3.05, 3.63) is 0 Å². The van der Waals surface area contributed by atoms with E-state index >= 15 is 0 Å². The molecular weight excluding hydrogens is 680 g/mol. The smallest absolute Gasteiger partial charge is 0.322 e. The molecule has 1 aliphatic heterocycles. The summed E-state index contributed by atoms with van der Waals surface area (Å²) in [5.74, 6) is -4.48. The van der Waals surface area contributed by atoms with Gasteiger partial charge in [-0.25, -0.2) is 0 Å². The van der Waals surface area contributed by atoms with Gasteiger partial charge in [-0.15, -0.1) is 0 Å². The van der Waals surface area contributed by atoms with Gasteiger partial charge < -0.3 is 59.7 Å². The third kappa shape index (κ3) is 42.1. The Morgan fingerprint density at radius 1 is 0.712 bits per heavy atom. The Morgan fingerprint density at radius 2 is 1.19 bits per heavy atom. The summed E-state index contributed by atoms with van der Waals surface area (Å²) >= 11 is 0. The normalized spacial score (nSPS) is 14.0. The Morgan fingerprint density at radius 3 is 1.56 bits per heavy atom. The number of hydrogen-bond donors (Lipinski definition) is 11. The Hall–Kier alpha value is -4.03. The molecule has 3 atom stereocenters. The number of nitrogens with two attached hydrogens (primary N) is 5. The number of aliphatic carboxylic acids is 4. The number of carbonyl (C=O) groups excluding carboxylic acids is 2. The first-order valence-electron chi connectivity index (χ1n) is 18.3. The molecule has 0 aromatic carbocycles. The van der Waals surface area contributed by atoms with Gasteiger partial charge in [0.1, 0.15) is 24.7 Å². The van der Waals surface area contributed by atoms with Crippen molar-refractivity contribution in [2.45, 2.75) is 153 Å². The van der Waals surface area contributed by atoms with Crippen LogP contribution in [0.2, 0.25) is 0 Å². The quantitative estimate of drug-likeness (QED) is 0.0340. The third-order valence-electron chi connectivity index (χ3n) is 7.61. The van der Waals surface area contributed by atoms with E-state index in [9.17, 15) is 28.8 Å². The molecule has 0 unspecified atom stereocenters. The predicted octanol–water partition coefficient (Wildman–Crippen LogP) is 1.61. The topological polar surface area (TPSA) is 350 Å². The van der Waals surface area contributed by atoms with Crippen molar-refractivity contribution >= 4 is 41.7 Å². The Bertz CT molecular complexity index is 1010. The second-order valence-electron chi connectivity index (χ2n) is 12.5. The number of unbranched alkanes of at least 4 members (excludes halogenated alkanes) is 12. The molecule has 1 fully saturated rings. The molecule has 18 nitrogen and oxygen atoms in total. The number of amides is 2. The molecule has 0 spiro atoms. The van der Waals surface area contributed by atoms with Gasteiger partial charge in [0.25, 0.3) is 0 Å². The van der Waals surface area contributed by atoms with Crippen molar-refractivity contribution in [1.29, 1.82) is 0 Å². The van der Waals surface area contributed by atoms with Crippen LogP contribution in [0.15, 0.2) is 4.99 Å². The zero-order valence-electron chi connectivity index (χ0n) is 31.1. The summed E-state index contributed by atoms with van der Waals surface area (Å²) in [5, 5.41) is 38.6. The molecular formula is C34H68N8O10. The van der Waals surface area contributed by atoms with Crippen molar-refractivity contribution in [1.82, 2.24) is 10.6 Å². The van der Waals surface area contributed by atoms with Crippen molar-refractivity contribution in [3.8, 4) is 0 Å². The van der Waals surface area contributed by atoms with Crippen LogP contribution in [0.1, 0.15) is 135 Å². The zero-order valence-corrected chi connectivity index (χ0v) is 31.1. The minimum Gasteiger partial charge on any atom is -0.480 e. The Kier molecular flexibility index (Phi) is 37.0. The minimum absolute atomic E-state index is 0.0129. The number of guanidine groups is 1. The zero-order chi connectivity index (χ0) is 40.2. The van der Waals surface area contributed by atoms with Gasteiger partial charge >= 0.3 is 23.9 Å². The standard InChI is InChI=1S/C18H35NO3.C6H14N4O2.C5H10N2O3.C5H9NO2/c1-2-3-4-5-6-7-8-9-10-11-12-13-14-15-17(20)19-16-18(21)22;7-4(5(11)12)2-1-3-10-6(8)9;6-3(5(9)10)1-2-4(7)8;7-5(8)4-2-1-3-6-4/h2-16H2,1H3,(H,19,20)(H,21,22);4H,1-3,7H2,(H,11,12)(H4,8,9,10);3H,1-2,6H2,(H2,7,8)(H,9,10);4,6H,1-3H2,(H,7,8)/t;4-;3-;4-/m.000/s1. The summed E-state index contributed by atoms with van der Waals surface area (Å²) in [5.41, 5.74) is 25.1. The van der Waals surface area contributed by atoms with E-state index in [1.165, 1.54) is 70.6 Å². The molecule has 0 aromatic heterocycles. The maximum Gasteiger partial charge on any atom is 0.322 e. The molecule has 0 bridgehead atoms. The molecule has 1 heterocycles. The molecule has 52 heavy (non-hydrogen) atoms.